The lowest BCUT2D eigenvalue weighted by Gasteiger charge is -2.39. The molecule has 4 rings (SSSR count). The van der Waals surface area contributed by atoms with Crippen molar-refractivity contribution >= 4 is 35.4 Å². The van der Waals surface area contributed by atoms with Crippen LogP contribution in [-0.4, -0.2) is 26.3 Å². The predicted molar refractivity (Wildman–Crippen MR) is 122 cm³/mol. The highest BCUT2D eigenvalue weighted by Gasteiger charge is 2.33. The highest BCUT2D eigenvalue weighted by Crippen LogP contribution is 2.38. The lowest BCUT2D eigenvalue weighted by molar-refractivity contribution is -0.119. The van der Waals surface area contributed by atoms with E-state index in [1.54, 1.807) is 0 Å². The zero-order chi connectivity index (χ0) is 21.4. The number of primary amides is 1. The fourth-order valence-corrected chi connectivity index (χ4v) is 4.58. The average molecular weight is 442 g/mol. The van der Waals surface area contributed by atoms with Crippen molar-refractivity contribution in [3.8, 4) is 11.4 Å². The number of hydrogen-bond acceptors (Lipinski definition) is 4. The molecule has 2 atom stereocenters. The van der Waals surface area contributed by atoms with Crippen LogP contribution >= 0.6 is 23.8 Å². The third-order valence-corrected chi connectivity index (χ3v) is 6.38. The molecule has 1 aliphatic rings. The van der Waals surface area contributed by atoms with Gasteiger partial charge in [-0.15, -0.1) is 5.10 Å². The second-order valence-electron chi connectivity index (χ2n) is 7.57. The molecule has 0 bridgehead atoms. The number of anilines is 1. The van der Waals surface area contributed by atoms with E-state index in [2.05, 4.69) is 18.7 Å². The number of carbonyl (C=O) groups excluding carboxylic acids is 1. The van der Waals surface area contributed by atoms with Crippen molar-refractivity contribution in [1.82, 2.24) is 14.3 Å². The highest BCUT2D eigenvalue weighted by molar-refractivity contribution is 7.71. The van der Waals surface area contributed by atoms with E-state index in [1.807, 2.05) is 57.8 Å². The molecule has 0 aliphatic carbocycles. The second kappa shape index (κ2) is 8.24. The van der Waals surface area contributed by atoms with Crippen LogP contribution in [0.25, 0.3) is 11.4 Å². The second-order valence-corrected chi connectivity index (χ2v) is 8.37. The maximum absolute atomic E-state index is 12.0. The van der Waals surface area contributed by atoms with Crippen molar-refractivity contribution < 1.29 is 4.79 Å². The van der Waals surface area contributed by atoms with E-state index in [9.17, 15) is 4.79 Å². The van der Waals surface area contributed by atoms with Crippen molar-refractivity contribution in [3.05, 3.63) is 63.9 Å². The Hall–Kier alpha value is -2.64. The number of hydrogen-bond donors (Lipinski definition) is 1. The summed E-state index contributed by atoms with van der Waals surface area (Å²) in [6, 6.07) is 15.7. The van der Waals surface area contributed by atoms with Gasteiger partial charge in [0.2, 0.25) is 5.91 Å². The lowest BCUT2D eigenvalue weighted by Crippen LogP contribution is -2.42. The van der Waals surface area contributed by atoms with E-state index in [0.29, 0.717) is 29.4 Å². The van der Waals surface area contributed by atoms with Gasteiger partial charge in [0.25, 0.3) is 0 Å². The van der Waals surface area contributed by atoms with Crippen molar-refractivity contribution in [3.63, 3.8) is 0 Å². The van der Waals surface area contributed by atoms with Gasteiger partial charge in [-0.3, -0.25) is 4.79 Å². The molecular formula is C22H24ClN5OS. The largest absolute Gasteiger partial charge is 0.369 e. The SMILES string of the molecule is CCn1c(-c2ccc(Cl)cc2)nn(CN2c3ccccc3[C@@H](C(N)=O)C[C@H]2C)c1=S. The first kappa shape index (κ1) is 20.6. The standard InChI is InChI=1S/C22H24ClN5OS/c1-3-26-21(15-8-10-16(23)11-9-15)25-28(22(26)30)13-27-14(2)12-18(20(24)29)17-6-4-5-7-19(17)27/h4-11,14,18H,3,12-13H2,1-2H3,(H2,24,29)/t14-,18+/m1/s1. The van der Waals surface area contributed by atoms with E-state index in [-0.39, 0.29) is 17.9 Å². The summed E-state index contributed by atoms with van der Waals surface area (Å²) >= 11 is 11.8. The van der Waals surface area contributed by atoms with Crippen molar-refractivity contribution in [2.75, 3.05) is 4.90 Å². The lowest BCUT2D eigenvalue weighted by atomic mass is 9.86. The number of amides is 1. The number of nitrogens with zero attached hydrogens (tertiary/aromatic N) is 4. The van der Waals surface area contributed by atoms with Crippen LogP contribution in [0.15, 0.2) is 48.5 Å². The first-order chi connectivity index (χ1) is 14.4. The molecule has 1 amide bonds. The average Bonchev–Trinajstić information content (AvgIpc) is 3.05. The van der Waals surface area contributed by atoms with Gasteiger partial charge in [-0.2, -0.15) is 0 Å². The summed E-state index contributed by atoms with van der Waals surface area (Å²) in [6.07, 6.45) is 0.665. The zero-order valence-corrected chi connectivity index (χ0v) is 18.5. The summed E-state index contributed by atoms with van der Waals surface area (Å²) in [6.45, 7) is 5.37. The zero-order valence-electron chi connectivity index (χ0n) is 17.0. The van der Waals surface area contributed by atoms with Crippen LogP contribution in [0.2, 0.25) is 5.02 Å². The number of nitrogens with two attached hydrogens (primary N) is 1. The van der Waals surface area contributed by atoms with Gasteiger partial charge in [0, 0.05) is 28.9 Å². The van der Waals surface area contributed by atoms with Gasteiger partial charge in [0.15, 0.2) is 10.6 Å². The maximum atomic E-state index is 12.0. The Balaban J connectivity index is 1.74. The monoisotopic (exact) mass is 441 g/mol. The Morgan fingerprint density at radius 2 is 1.93 bits per heavy atom. The highest BCUT2D eigenvalue weighted by atomic mass is 35.5. The summed E-state index contributed by atoms with van der Waals surface area (Å²) < 4.78 is 4.52. The summed E-state index contributed by atoms with van der Waals surface area (Å²) in [4.78, 5) is 14.2. The minimum Gasteiger partial charge on any atom is -0.369 e. The van der Waals surface area contributed by atoms with Crippen LogP contribution in [0.1, 0.15) is 31.7 Å². The van der Waals surface area contributed by atoms with Gasteiger partial charge in [0.05, 0.1) is 5.92 Å². The molecule has 0 saturated heterocycles. The molecule has 30 heavy (non-hydrogen) atoms. The Kier molecular flexibility index (Phi) is 5.66. The number of carbonyl (C=O) groups is 1. The first-order valence-corrected chi connectivity index (χ1v) is 10.8. The van der Waals surface area contributed by atoms with Gasteiger partial charge >= 0.3 is 0 Å². The fraction of sp³-hybridized carbons (Fsp3) is 0.318. The van der Waals surface area contributed by atoms with Crippen molar-refractivity contribution in [2.24, 2.45) is 5.73 Å². The third kappa shape index (κ3) is 3.63. The van der Waals surface area contributed by atoms with Crippen LogP contribution in [-0.2, 0) is 18.0 Å². The third-order valence-electron chi connectivity index (χ3n) is 5.70. The van der Waals surface area contributed by atoms with Gasteiger partial charge in [-0.25, -0.2) is 4.68 Å². The van der Waals surface area contributed by atoms with Crippen LogP contribution in [0.3, 0.4) is 0 Å². The Morgan fingerprint density at radius 1 is 1.23 bits per heavy atom. The maximum Gasteiger partial charge on any atom is 0.225 e. The predicted octanol–water partition coefficient (Wildman–Crippen LogP) is 4.58. The number of rotatable bonds is 5. The molecule has 6 nitrogen and oxygen atoms in total. The first-order valence-electron chi connectivity index (χ1n) is 9.99. The molecule has 0 radical (unpaired) electrons. The summed E-state index contributed by atoms with van der Waals surface area (Å²) in [5, 5.41) is 5.52. The van der Waals surface area contributed by atoms with Crippen LogP contribution < -0.4 is 10.6 Å². The Morgan fingerprint density at radius 3 is 2.60 bits per heavy atom. The minimum absolute atomic E-state index is 0.116. The summed E-state index contributed by atoms with van der Waals surface area (Å²) in [5.74, 6) is 0.247. The van der Waals surface area contributed by atoms with E-state index >= 15 is 0 Å². The van der Waals surface area contributed by atoms with Crippen LogP contribution in [0.4, 0.5) is 5.69 Å². The van der Waals surface area contributed by atoms with Crippen LogP contribution in [0, 0.1) is 4.77 Å². The fourth-order valence-electron chi connectivity index (χ4n) is 4.14. The van der Waals surface area contributed by atoms with E-state index in [0.717, 1.165) is 22.6 Å². The number of fused-ring (bicyclic) bond motifs is 1. The normalized spacial score (nSPS) is 18.3. The van der Waals surface area contributed by atoms with Gasteiger partial charge in [0.1, 0.15) is 6.67 Å². The number of benzene rings is 2. The topological polar surface area (TPSA) is 69.1 Å². The summed E-state index contributed by atoms with van der Waals surface area (Å²) in [5.41, 5.74) is 8.60. The smallest absolute Gasteiger partial charge is 0.225 e. The molecule has 0 fully saturated rings. The Bertz CT molecular complexity index is 1140. The molecule has 1 aliphatic heterocycles. The molecule has 0 spiro atoms. The molecule has 8 heteroatoms. The van der Waals surface area contributed by atoms with Gasteiger partial charge < -0.3 is 15.2 Å². The molecule has 3 aromatic rings. The van der Waals surface area contributed by atoms with Gasteiger partial charge in [-0.1, -0.05) is 29.8 Å². The molecule has 2 heterocycles. The number of para-hydroxylation sites is 1. The number of aromatic nitrogens is 3. The minimum atomic E-state index is -0.286. The molecule has 2 N–H and O–H groups in total. The van der Waals surface area contributed by atoms with Crippen molar-refractivity contribution in [1.29, 1.82) is 0 Å². The van der Waals surface area contributed by atoms with E-state index in [4.69, 9.17) is 34.7 Å². The Labute approximate surface area is 185 Å². The van der Waals surface area contributed by atoms with Crippen LogP contribution in [0.5, 0.6) is 0 Å². The van der Waals surface area contributed by atoms with E-state index in [1.165, 1.54) is 0 Å². The van der Waals surface area contributed by atoms with Crippen molar-refractivity contribution in [2.45, 2.75) is 45.4 Å². The summed E-state index contributed by atoms with van der Waals surface area (Å²) in [7, 11) is 0. The molecule has 0 unspecified atom stereocenters. The quantitative estimate of drug-likeness (QED) is 0.588. The van der Waals surface area contributed by atoms with Gasteiger partial charge in [-0.05, 0) is 68.4 Å². The molecular weight excluding hydrogens is 418 g/mol. The number of halogens is 1. The molecule has 2 aromatic carbocycles. The van der Waals surface area contributed by atoms with E-state index < -0.39 is 0 Å². The molecule has 156 valence electrons. The molecule has 1 aromatic heterocycles. The molecule has 0 saturated carbocycles.